The summed E-state index contributed by atoms with van der Waals surface area (Å²) in [5, 5.41) is 0.687. The van der Waals surface area contributed by atoms with Crippen molar-refractivity contribution in [2.24, 2.45) is 0 Å². The molecular formula is C17H21N3OSi. The minimum absolute atomic E-state index is 0.0674. The van der Waals surface area contributed by atoms with E-state index < -0.39 is 8.07 Å². The van der Waals surface area contributed by atoms with Gasteiger partial charge in [0.05, 0.1) is 17.4 Å². The minimum Gasteiger partial charge on any atom is -0.297 e. The third-order valence-electron chi connectivity index (χ3n) is 3.73. The predicted molar refractivity (Wildman–Crippen MR) is 92.6 cm³/mol. The molecule has 114 valence electrons. The first kappa shape index (κ1) is 15.0. The van der Waals surface area contributed by atoms with Crippen LogP contribution in [0.5, 0.6) is 0 Å². The van der Waals surface area contributed by atoms with Crippen molar-refractivity contribution in [2.75, 3.05) is 13.6 Å². The summed E-state index contributed by atoms with van der Waals surface area (Å²) in [6.07, 6.45) is 0. The highest BCUT2D eigenvalue weighted by Crippen LogP contribution is 2.14. The van der Waals surface area contributed by atoms with Crippen LogP contribution in [0.1, 0.15) is 11.4 Å². The van der Waals surface area contributed by atoms with Crippen molar-refractivity contribution in [1.82, 2.24) is 14.5 Å². The average molecular weight is 311 g/mol. The van der Waals surface area contributed by atoms with Gasteiger partial charge in [-0.25, -0.2) is 4.98 Å². The Morgan fingerprint density at radius 2 is 2.00 bits per heavy atom. The first-order valence-electron chi connectivity index (χ1n) is 7.59. The second kappa shape index (κ2) is 5.38. The molecule has 3 rings (SSSR count). The molecule has 1 aliphatic rings. The smallest absolute Gasteiger partial charge is 0.261 e. The van der Waals surface area contributed by atoms with Crippen LogP contribution < -0.4 is 5.56 Å². The van der Waals surface area contributed by atoms with E-state index in [1.165, 1.54) is 0 Å². The quantitative estimate of drug-likeness (QED) is 0.552. The van der Waals surface area contributed by atoms with Gasteiger partial charge in [-0.05, 0) is 25.2 Å². The number of aromatic nitrogens is 2. The zero-order valence-electron chi connectivity index (χ0n) is 13.6. The summed E-state index contributed by atoms with van der Waals surface area (Å²) in [6, 6.07) is 5.74. The van der Waals surface area contributed by atoms with E-state index in [-0.39, 0.29) is 5.56 Å². The molecule has 0 radical (unpaired) electrons. The van der Waals surface area contributed by atoms with Crippen molar-refractivity contribution in [3.05, 3.63) is 39.9 Å². The van der Waals surface area contributed by atoms with Crippen LogP contribution in [0.3, 0.4) is 0 Å². The number of hydrogen-bond donors (Lipinski definition) is 0. The molecule has 1 aliphatic heterocycles. The lowest BCUT2D eigenvalue weighted by Gasteiger charge is -2.25. The Bertz CT molecular complexity index is 852. The van der Waals surface area contributed by atoms with Gasteiger partial charge in [0, 0.05) is 18.7 Å². The van der Waals surface area contributed by atoms with E-state index in [1.54, 1.807) is 4.57 Å². The van der Waals surface area contributed by atoms with Crippen LogP contribution in [-0.4, -0.2) is 36.1 Å². The Morgan fingerprint density at radius 1 is 1.23 bits per heavy atom. The number of nitrogens with zero attached hydrogens (tertiary/aromatic N) is 3. The normalized spacial score (nSPS) is 15.3. The molecular weight excluding hydrogens is 290 g/mol. The van der Waals surface area contributed by atoms with E-state index in [2.05, 4.69) is 43.1 Å². The summed E-state index contributed by atoms with van der Waals surface area (Å²) in [7, 11) is 0.646. The lowest BCUT2D eigenvalue weighted by Crippen LogP contribution is -2.38. The Hall–Kier alpha value is -1.90. The lowest BCUT2D eigenvalue weighted by atomic mass is 10.1. The maximum absolute atomic E-state index is 12.6. The van der Waals surface area contributed by atoms with Crippen molar-refractivity contribution in [3.8, 4) is 11.5 Å². The maximum atomic E-state index is 12.6. The van der Waals surface area contributed by atoms with E-state index in [0.717, 1.165) is 30.0 Å². The van der Waals surface area contributed by atoms with Crippen molar-refractivity contribution in [1.29, 1.82) is 0 Å². The van der Waals surface area contributed by atoms with Gasteiger partial charge in [-0.2, -0.15) is 0 Å². The second-order valence-corrected chi connectivity index (χ2v) is 11.7. The van der Waals surface area contributed by atoms with Crippen molar-refractivity contribution < 1.29 is 0 Å². The molecule has 0 saturated carbocycles. The summed E-state index contributed by atoms with van der Waals surface area (Å²) in [5.74, 6) is 4.09. The Kier molecular flexibility index (Phi) is 3.67. The summed E-state index contributed by atoms with van der Waals surface area (Å²) in [4.78, 5) is 19.5. The zero-order valence-corrected chi connectivity index (χ0v) is 14.6. The van der Waals surface area contributed by atoms with Crippen molar-refractivity contribution in [2.45, 2.75) is 32.7 Å². The van der Waals surface area contributed by atoms with Gasteiger partial charge in [-0.15, -0.1) is 5.54 Å². The van der Waals surface area contributed by atoms with Crippen LogP contribution in [0.25, 0.3) is 10.9 Å². The van der Waals surface area contributed by atoms with E-state index >= 15 is 0 Å². The van der Waals surface area contributed by atoms with Crippen LogP contribution >= 0.6 is 0 Å². The summed E-state index contributed by atoms with van der Waals surface area (Å²) in [6.45, 7) is 8.98. The minimum atomic E-state index is -1.40. The standard InChI is InChI=1S/C17H21N3OSi/c1-19-8-9-20-16(12-19)18-15-11-13(7-10-22(2,3)4)5-6-14(15)17(20)21/h5-6,11H,8-9,12H2,1-4H3. The molecule has 0 atom stereocenters. The zero-order chi connectivity index (χ0) is 15.9. The van der Waals surface area contributed by atoms with E-state index in [4.69, 9.17) is 4.98 Å². The van der Waals surface area contributed by atoms with Crippen LogP contribution in [0.4, 0.5) is 0 Å². The van der Waals surface area contributed by atoms with Gasteiger partial charge in [0.15, 0.2) is 0 Å². The third-order valence-corrected chi connectivity index (χ3v) is 4.61. The van der Waals surface area contributed by atoms with E-state index in [0.29, 0.717) is 11.9 Å². The van der Waals surface area contributed by atoms with Crippen molar-refractivity contribution >= 4 is 19.0 Å². The number of benzene rings is 1. The molecule has 0 saturated heterocycles. The molecule has 4 nitrogen and oxygen atoms in total. The number of likely N-dealkylation sites (N-methyl/N-ethyl adjacent to an activating group) is 1. The van der Waals surface area contributed by atoms with Crippen LogP contribution in [0, 0.1) is 11.5 Å². The third kappa shape index (κ3) is 2.98. The fraction of sp³-hybridized carbons (Fsp3) is 0.412. The highest BCUT2D eigenvalue weighted by Gasteiger charge is 2.17. The van der Waals surface area contributed by atoms with Gasteiger partial charge in [0.1, 0.15) is 13.9 Å². The molecule has 0 bridgehead atoms. The SMILES string of the molecule is CN1CCn2c(nc3cc(C#C[Si](C)(C)C)ccc3c2=O)C1. The molecule has 0 fully saturated rings. The predicted octanol–water partition coefficient (Wildman–Crippen LogP) is 2.07. The van der Waals surface area contributed by atoms with Gasteiger partial charge >= 0.3 is 0 Å². The van der Waals surface area contributed by atoms with Gasteiger partial charge in [0.25, 0.3) is 5.56 Å². The molecule has 0 spiro atoms. The van der Waals surface area contributed by atoms with Gasteiger partial charge < -0.3 is 0 Å². The van der Waals surface area contributed by atoms with Gasteiger partial charge in [-0.1, -0.05) is 25.6 Å². The largest absolute Gasteiger partial charge is 0.297 e. The fourth-order valence-electron chi connectivity index (χ4n) is 2.55. The Labute approximate surface area is 131 Å². The maximum Gasteiger partial charge on any atom is 0.261 e. The van der Waals surface area contributed by atoms with E-state index in [9.17, 15) is 4.79 Å². The summed E-state index contributed by atoms with van der Waals surface area (Å²) < 4.78 is 1.80. The number of rotatable bonds is 0. The Balaban J connectivity index is 2.13. The molecule has 5 heteroatoms. The first-order valence-corrected chi connectivity index (χ1v) is 11.1. The molecule has 1 aromatic heterocycles. The fourth-order valence-corrected chi connectivity index (χ4v) is 3.07. The second-order valence-electron chi connectivity index (χ2n) is 6.95. The topological polar surface area (TPSA) is 38.1 Å². The lowest BCUT2D eigenvalue weighted by molar-refractivity contribution is 0.259. The molecule has 0 N–H and O–H groups in total. The summed E-state index contributed by atoms with van der Waals surface area (Å²) in [5.41, 5.74) is 5.12. The molecule has 0 amide bonds. The first-order chi connectivity index (χ1) is 10.3. The molecule has 2 aromatic rings. The molecule has 0 unspecified atom stereocenters. The van der Waals surface area contributed by atoms with Crippen LogP contribution in [0.2, 0.25) is 19.6 Å². The van der Waals surface area contributed by atoms with Crippen LogP contribution in [-0.2, 0) is 13.1 Å². The average Bonchev–Trinajstić information content (AvgIpc) is 2.44. The molecule has 22 heavy (non-hydrogen) atoms. The highest BCUT2D eigenvalue weighted by atomic mass is 28.3. The molecule has 0 aliphatic carbocycles. The number of fused-ring (bicyclic) bond motifs is 2. The molecule has 2 heterocycles. The number of hydrogen-bond acceptors (Lipinski definition) is 3. The molecule has 1 aromatic carbocycles. The van der Waals surface area contributed by atoms with Crippen molar-refractivity contribution in [3.63, 3.8) is 0 Å². The van der Waals surface area contributed by atoms with Gasteiger partial charge in [0.2, 0.25) is 0 Å². The highest BCUT2D eigenvalue weighted by molar-refractivity contribution is 6.83. The van der Waals surface area contributed by atoms with Crippen LogP contribution in [0.15, 0.2) is 23.0 Å². The van der Waals surface area contributed by atoms with E-state index in [1.807, 2.05) is 18.2 Å². The summed E-state index contributed by atoms with van der Waals surface area (Å²) >= 11 is 0. The Morgan fingerprint density at radius 3 is 2.73 bits per heavy atom. The monoisotopic (exact) mass is 311 g/mol. The van der Waals surface area contributed by atoms with Gasteiger partial charge in [-0.3, -0.25) is 14.3 Å².